The number of H-pyrrole nitrogens is 1. The van der Waals surface area contributed by atoms with E-state index >= 15 is 0 Å². The Kier molecular flexibility index (Phi) is 3.43. The van der Waals surface area contributed by atoms with Crippen molar-refractivity contribution in [2.24, 2.45) is 0 Å². The number of nitrogens with one attached hydrogen (secondary N) is 2. The van der Waals surface area contributed by atoms with Gasteiger partial charge in [-0.05, 0) is 16.8 Å². The predicted molar refractivity (Wildman–Crippen MR) is 90.9 cm³/mol. The summed E-state index contributed by atoms with van der Waals surface area (Å²) in [6.45, 7) is 0.471. The minimum atomic E-state index is -2.99. The van der Waals surface area contributed by atoms with Crippen LogP contribution in [0.2, 0.25) is 0 Å². The molecular weight excluding hydrogens is 310 g/mol. The number of hydrogen-bond acceptors (Lipinski definition) is 4. The molecule has 0 spiro atoms. The number of sulfone groups is 1. The van der Waals surface area contributed by atoms with Crippen LogP contribution in [-0.4, -0.2) is 36.4 Å². The first-order valence-electron chi connectivity index (χ1n) is 7.59. The lowest BCUT2D eigenvalue weighted by atomic mass is 10.1. The van der Waals surface area contributed by atoms with Gasteiger partial charge in [0, 0.05) is 12.1 Å². The summed E-state index contributed by atoms with van der Waals surface area (Å²) < 4.78 is 23.6. The number of rotatable bonds is 2. The number of aromatic nitrogens is 2. The Bertz CT molecular complexity index is 963. The van der Waals surface area contributed by atoms with Crippen molar-refractivity contribution >= 4 is 20.6 Å². The lowest BCUT2D eigenvalue weighted by Gasteiger charge is -2.21. The molecule has 2 N–H and O–H groups in total. The molecule has 118 valence electrons. The van der Waals surface area contributed by atoms with E-state index in [4.69, 9.17) is 0 Å². The molecule has 1 unspecified atom stereocenters. The van der Waals surface area contributed by atoms with Gasteiger partial charge in [-0.3, -0.25) is 0 Å². The molecule has 1 saturated heterocycles. The van der Waals surface area contributed by atoms with Crippen LogP contribution >= 0.6 is 0 Å². The fourth-order valence-electron chi connectivity index (χ4n) is 2.98. The van der Waals surface area contributed by atoms with E-state index in [1.54, 1.807) is 6.20 Å². The summed E-state index contributed by atoms with van der Waals surface area (Å²) in [7, 11) is -2.99. The van der Waals surface area contributed by atoms with Crippen molar-refractivity contribution in [1.29, 1.82) is 0 Å². The van der Waals surface area contributed by atoms with Gasteiger partial charge in [-0.2, -0.15) is 0 Å². The van der Waals surface area contributed by atoms with E-state index in [-0.39, 0.29) is 17.5 Å². The van der Waals surface area contributed by atoms with Crippen molar-refractivity contribution in [3.63, 3.8) is 0 Å². The van der Waals surface area contributed by atoms with E-state index < -0.39 is 9.84 Å². The highest BCUT2D eigenvalue weighted by atomic mass is 32.2. The van der Waals surface area contributed by atoms with Gasteiger partial charge >= 0.3 is 0 Å². The third kappa shape index (κ3) is 2.87. The molecule has 2 aromatic carbocycles. The Labute approximate surface area is 134 Å². The zero-order valence-corrected chi connectivity index (χ0v) is 13.3. The van der Waals surface area contributed by atoms with Gasteiger partial charge in [-0.15, -0.1) is 0 Å². The second-order valence-corrected chi connectivity index (χ2v) is 8.09. The van der Waals surface area contributed by atoms with Crippen LogP contribution in [0.1, 0.15) is 11.9 Å². The zero-order valence-electron chi connectivity index (χ0n) is 12.5. The SMILES string of the molecule is O=S1(=O)CCNC(c2ncc(-c3ccc4ccccc4c3)[nH]2)C1. The third-order valence-corrected chi connectivity index (χ3v) is 5.88. The summed E-state index contributed by atoms with van der Waals surface area (Å²) in [4.78, 5) is 7.64. The summed E-state index contributed by atoms with van der Waals surface area (Å²) in [5.41, 5.74) is 1.94. The fraction of sp³-hybridized carbons (Fsp3) is 0.235. The second-order valence-electron chi connectivity index (χ2n) is 5.87. The molecule has 1 aromatic heterocycles. The predicted octanol–water partition coefficient (Wildman–Crippen LogP) is 2.29. The lowest BCUT2D eigenvalue weighted by Crippen LogP contribution is -2.39. The van der Waals surface area contributed by atoms with Crippen LogP contribution in [0.25, 0.3) is 22.0 Å². The minimum absolute atomic E-state index is 0.0949. The van der Waals surface area contributed by atoms with Crippen molar-refractivity contribution in [3.05, 3.63) is 54.5 Å². The van der Waals surface area contributed by atoms with Crippen LogP contribution in [0, 0.1) is 0 Å². The number of benzene rings is 2. The first-order valence-corrected chi connectivity index (χ1v) is 9.41. The van der Waals surface area contributed by atoms with Crippen LogP contribution in [0.4, 0.5) is 0 Å². The Balaban J connectivity index is 1.66. The maximum Gasteiger partial charge on any atom is 0.153 e. The quantitative estimate of drug-likeness (QED) is 0.757. The number of imidazole rings is 1. The number of fused-ring (bicyclic) bond motifs is 1. The van der Waals surface area contributed by atoms with Crippen LogP contribution in [-0.2, 0) is 9.84 Å². The number of aromatic amines is 1. The van der Waals surface area contributed by atoms with Crippen molar-refractivity contribution < 1.29 is 8.42 Å². The first kappa shape index (κ1) is 14.4. The van der Waals surface area contributed by atoms with Crippen molar-refractivity contribution in [1.82, 2.24) is 15.3 Å². The van der Waals surface area contributed by atoms with Gasteiger partial charge in [-0.25, -0.2) is 13.4 Å². The Morgan fingerprint density at radius 3 is 2.74 bits per heavy atom. The topological polar surface area (TPSA) is 74.8 Å². The van der Waals surface area contributed by atoms with E-state index in [1.165, 1.54) is 10.8 Å². The summed E-state index contributed by atoms with van der Waals surface area (Å²) >= 11 is 0. The maximum atomic E-state index is 11.8. The van der Waals surface area contributed by atoms with E-state index in [0.717, 1.165) is 11.3 Å². The zero-order chi connectivity index (χ0) is 15.9. The largest absolute Gasteiger partial charge is 0.341 e. The standard InChI is InChI=1S/C17H17N3O2S/c21-23(22)8-7-18-16(11-23)17-19-10-15(20-17)14-6-5-12-3-1-2-4-13(12)9-14/h1-6,9-10,16,18H,7-8,11H2,(H,19,20). The molecule has 6 heteroatoms. The average Bonchev–Trinajstić information content (AvgIpc) is 3.03. The van der Waals surface area contributed by atoms with Gasteiger partial charge in [0.15, 0.2) is 9.84 Å². The normalized spacial score (nSPS) is 20.6. The summed E-state index contributed by atoms with van der Waals surface area (Å²) in [5, 5.41) is 5.57. The van der Waals surface area contributed by atoms with Crippen molar-refractivity contribution in [2.45, 2.75) is 6.04 Å². The number of nitrogens with zero attached hydrogens (tertiary/aromatic N) is 1. The molecule has 0 radical (unpaired) electrons. The van der Waals surface area contributed by atoms with E-state index in [9.17, 15) is 8.42 Å². The van der Waals surface area contributed by atoms with Crippen molar-refractivity contribution in [2.75, 3.05) is 18.1 Å². The highest BCUT2D eigenvalue weighted by Gasteiger charge is 2.27. The van der Waals surface area contributed by atoms with E-state index in [0.29, 0.717) is 12.4 Å². The summed E-state index contributed by atoms with van der Waals surface area (Å²) in [6, 6.07) is 14.2. The van der Waals surface area contributed by atoms with E-state index in [2.05, 4.69) is 39.6 Å². The molecule has 23 heavy (non-hydrogen) atoms. The molecule has 5 nitrogen and oxygen atoms in total. The van der Waals surface area contributed by atoms with Gasteiger partial charge in [-0.1, -0.05) is 36.4 Å². The molecule has 1 aliphatic rings. The van der Waals surface area contributed by atoms with Gasteiger partial charge in [0.1, 0.15) is 5.82 Å². The van der Waals surface area contributed by atoms with Gasteiger partial charge in [0.2, 0.25) is 0 Å². The first-order chi connectivity index (χ1) is 11.1. The molecule has 1 fully saturated rings. The van der Waals surface area contributed by atoms with Crippen molar-refractivity contribution in [3.8, 4) is 11.3 Å². The molecule has 4 rings (SSSR count). The maximum absolute atomic E-state index is 11.8. The summed E-state index contributed by atoms with van der Waals surface area (Å²) in [5.74, 6) is 0.968. The molecular formula is C17H17N3O2S. The Morgan fingerprint density at radius 1 is 1.09 bits per heavy atom. The Morgan fingerprint density at radius 2 is 1.91 bits per heavy atom. The van der Waals surface area contributed by atoms with Gasteiger partial charge in [0.05, 0.1) is 29.4 Å². The molecule has 0 saturated carbocycles. The average molecular weight is 327 g/mol. The Hall–Kier alpha value is -2.18. The fourth-order valence-corrected chi connectivity index (χ4v) is 4.36. The van der Waals surface area contributed by atoms with Crippen LogP contribution in [0.15, 0.2) is 48.7 Å². The molecule has 2 heterocycles. The third-order valence-electron chi connectivity index (χ3n) is 4.21. The van der Waals surface area contributed by atoms with Crippen LogP contribution < -0.4 is 5.32 Å². The minimum Gasteiger partial charge on any atom is -0.341 e. The highest BCUT2D eigenvalue weighted by molar-refractivity contribution is 7.91. The van der Waals surface area contributed by atoms with Crippen LogP contribution in [0.5, 0.6) is 0 Å². The van der Waals surface area contributed by atoms with Crippen LogP contribution in [0.3, 0.4) is 0 Å². The summed E-state index contributed by atoms with van der Waals surface area (Å²) in [6.07, 6.45) is 1.77. The molecule has 1 aliphatic heterocycles. The smallest absolute Gasteiger partial charge is 0.153 e. The van der Waals surface area contributed by atoms with E-state index in [1.807, 2.05) is 18.2 Å². The van der Waals surface area contributed by atoms with Gasteiger partial charge < -0.3 is 10.3 Å². The monoisotopic (exact) mass is 327 g/mol. The lowest BCUT2D eigenvalue weighted by molar-refractivity contribution is 0.518. The number of hydrogen-bond donors (Lipinski definition) is 2. The van der Waals surface area contributed by atoms with Gasteiger partial charge in [0.25, 0.3) is 0 Å². The molecule has 0 aliphatic carbocycles. The molecule has 0 bridgehead atoms. The molecule has 0 amide bonds. The second kappa shape index (κ2) is 5.47. The highest BCUT2D eigenvalue weighted by Crippen LogP contribution is 2.25. The molecule has 3 aromatic rings. The molecule has 1 atom stereocenters.